The van der Waals surface area contributed by atoms with Crippen molar-refractivity contribution in [2.75, 3.05) is 5.32 Å². The van der Waals surface area contributed by atoms with E-state index in [1.807, 2.05) is 42.9 Å². The van der Waals surface area contributed by atoms with Crippen molar-refractivity contribution in [2.24, 2.45) is 7.05 Å². The van der Waals surface area contributed by atoms with Gasteiger partial charge < -0.3 is 9.88 Å². The molecule has 18 heavy (non-hydrogen) atoms. The smallest absolute Gasteiger partial charge is 0.120 e. The van der Waals surface area contributed by atoms with Gasteiger partial charge in [-0.25, -0.2) is 4.98 Å². The van der Waals surface area contributed by atoms with E-state index in [2.05, 4.69) is 32.3 Å². The second-order valence-corrected chi connectivity index (χ2v) is 4.89. The number of aromatic nitrogens is 2. The van der Waals surface area contributed by atoms with Crippen molar-refractivity contribution in [1.29, 1.82) is 5.26 Å². The van der Waals surface area contributed by atoms with Crippen LogP contribution in [0.4, 0.5) is 5.69 Å². The van der Waals surface area contributed by atoms with Crippen molar-refractivity contribution in [2.45, 2.75) is 13.5 Å². The first-order chi connectivity index (χ1) is 8.60. The van der Waals surface area contributed by atoms with Crippen LogP contribution in [0.25, 0.3) is 0 Å². The Morgan fingerprint density at radius 3 is 2.89 bits per heavy atom. The maximum absolute atomic E-state index is 8.89. The third-order valence-electron chi connectivity index (χ3n) is 2.71. The number of nitrogens with one attached hydrogen (secondary N) is 1. The first-order valence-corrected chi connectivity index (χ1v) is 6.32. The Bertz CT molecular complexity index is 610. The van der Waals surface area contributed by atoms with Gasteiger partial charge in [-0.1, -0.05) is 0 Å². The molecule has 0 unspecified atom stereocenters. The van der Waals surface area contributed by atoms with Gasteiger partial charge in [0.1, 0.15) is 16.4 Å². The van der Waals surface area contributed by atoms with Crippen LogP contribution < -0.4 is 5.32 Å². The van der Waals surface area contributed by atoms with Crippen molar-refractivity contribution in [3.05, 3.63) is 46.0 Å². The van der Waals surface area contributed by atoms with Crippen LogP contribution in [-0.2, 0) is 13.6 Å². The van der Waals surface area contributed by atoms with Gasteiger partial charge in [-0.05, 0) is 46.6 Å². The van der Waals surface area contributed by atoms with E-state index in [1.165, 1.54) is 0 Å². The Kier molecular flexibility index (Phi) is 3.68. The largest absolute Gasteiger partial charge is 0.379 e. The van der Waals surface area contributed by atoms with Gasteiger partial charge in [0.05, 0.1) is 11.4 Å². The van der Waals surface area contributed by atoms with Crippen LogP contribution in [0.2, 0.25) is 0 Å². The van der Waals surface area contributed by atoms with E-state index in [1.54, 1.807) is 0 Å². The molecule has 0 spiro atoms. The van der Waals surface area contributed by atoms with Crippen LogP contribution >= 0.6 is 15.9 Å². The molecule has 0 aliphatic heterocycles. The van der Waals surface area contributed by atoms with Crippen LogP contribution in [0.3, 0.4) is 0 Å². The lowest BCUT2D eigenvalue weighted by Gasteiger charge is -2.07. The van der Waals surface area contributed by atoms with E-state index >= 15 is 0 Å². The molecule has 0 bridgehead atoms. The highest BCUT2D eigenvalue weighted by molar-refractivity contribution is 9.10. The van der Waals surface area contributed by atoms with Gasteiger partial charge in [0, 0.05) is 19.8 Å². The quantitative estimate of drug-likeness (QED) is 0.887. The van der Waals surface area contributed by atoms with E-state index in [0.29, 0.717) is 12.2 Å². The highest BCUT2D eigenvalue weighted by atomic mass is 79.9. The maximum atomic E-state index is 8.89. The molecule has 4 nitrogen and oxygen atoms in total. The van der Waals surface area contributed by atoms with Gasteiger partial charge in [-0.2, -0.15) is 5.26 Å². The SMILES string of the molecule is Cc1nc(Br)ccc1NCc1cc(C#N)n(C)c1. The summed E-state index contributed by atoms with van der Waals surface area (Å²) in [6.45, 7) is 2.64. The monoisotopic (exact) mass is 304 g/mol. The van der Waals surface area contributed by atoms with Gasteiger partial charge >= 0.3 is 0 Å². The number of pyridine rings is 1. The van der Waals surface area contributed by atoms with Gasteiger partial charge in [0.25, 0.3) is 0 Å². The molecule has 2 aromatic heterocycles. The van der Waals surface area contributed by atoms with Crippen LogP contribution in [0.5, 0.6) is 0 Å². The molecule has 92 valence electrons. The van der Waals surface area contributed by atoms with E-state index in [0.717, 1.165) is 21.5 Å². The fraction of sp³-hybridized carbons (Fsp3) is 0.231. The first kappa shape index (κ1) is 12.7. The second-order valence-electron chi connectivity index (χ2n) is 4.08. The van der Waals surface area contributed by atoms with Crippen molar-refractivity contribution >= 4 is 21.6 Å². The molecule has 5 heteroatoms. The minimum Gasteiger partial charge on any atom is -0.379 e. The van der Waals surface area contributed by atoms with Crippen LogP contribution in [0.1, 0.15) is 17.0 Å². The van der Waals surface area contributed by atoms with Gasteiger partial charge in [-0.3, -0.25) is 0 Å². The Balaban J connectivity index is 2.09. The summed E-state index contributed by atoms with van der Waals surface area (Å²) in [5.74, 6) is 0. The van der Waals surface area contributed by atoms with E-state index < -0.39 is 0 Å². The number of halogens is 1. The number of rotatable bonds is 3. The van der Waals surface area contributed by atoms with Crippen molar-refractivity contribution in [3.8, 4) is 6.07 Å². The summed E-state index contributed by atoms with van der Waals surface area (Å²) in [5.41, 5.74) is 3.69. The normalized spacial score (nSPS) is 10.1. The van der Waals surface area contributed by atoms with Crippen molar-refractivity contribution in [3.63, 3.8) is 0 Å². The average Bonchev–Trinajstić information content (AvgIpc) is 2.69. The molecule has 2 rings (SSSR count). The van der Waals surface area contributed by atoms with Crippen molar-refractivity contribution < 1.29 is 0 Å². The summed E-state index contributed by atoms with van der Waals surface area (Å²) >= 11 is 3.34. The molecule has 0 saturated heterocycles. The van der Waals surface area contributed by atoms with Gasteiger partial charge in [-0.15, -0.1) is 0 Å². The summed E-state index contributed by atoms with van der Waals surface area (Å²) in [6, 6.07) is 7.92. The number of nitriles is 1. The minimum atomic E-state index is 0.664. The van der Waals surface area contributed by atoms with Gasteiger partial charge in [0.15, 0.2) is 0 Å². The zero-order valence-electron chi connectivity index (χ0n) is 10.2. The predicted octanol–water partition coefficient (Wildman–Crippen LogP) is 2.97. The third-order valence-corrected chi connectivity index (χ3v) is 3.15. The molecule has 2 aromatic rings. The van der Waals surface area contributed by atoms with Crippen molar-refractivity contribution in [1.82, 2.24) is 9.55 Å². The molecule has 0 radical (unpaired) electrons. The lowest BCUT2D eigenvalue weighted by atomic mass is 10.2. The number of hydrogen-bond donors (Lipinski definition) is 1. The van der Waals surface area contributed by atoms with Gasteiger partial charge in [0.2, 0.25) is 0 Å². The van der Waals surface area contributed by atoms with Crippen LogP contribution in [0, 0.1) is 18.3 Å². The Labute approximate surface area is 114 Å². The molecule has 0 fully saturated rings. The third kappa shape index (κ3) is 2.71. The lowest BCUT2D eigenvalue weighted by molar-refractivity contribution is 0.902. The summed E-state index contributed by atoms with van der Waals surface area (Å²) in [6.07, 6.45) is 1.95. The van der Waals surface area contributed by atoms with E-state index in [-0.39, 0.29) is 0 Å². The highest BCUT2D eigenvalue weighted by Crippen LogP contribution is 2.17. The number of anilines is 1. The molecular formula is C13H13BrN4. The zero-order valence-corrected chi connectivity index (χ0v) is 11.8. The molecule has 2 heterocycles. The number of nitrogens with zero attached hydrogens (tertiary/aromatic N) is 3. The predicted molar refractivity (Wildman–Crippen MR) is 74.1 cm³/mol. The fourth-order valence-electron chi connectivity index (χ4n) is 1.76. The minimum absolute atomic E-state index is 0.664. The summed E-state index contributed by atoms with van der Waals surface area (Å²) in [5, 5.41) is 12.2. The number of aryl methyl sites for hydroxylation is 2. The Morgan fingerprint density at radius 1 is 1.50 bits per heavy atom. The topological polar surface area (TPSA) is 53.6 Å². The van der Waals surface area contributed by atoms with E-state index in [4.69, 9.17) is 5.26 Å². The zero-order chi connectivity index (χ0) is 13.1. The highest BCUT2D eigenvalue weighted by Gasteiger charge is 2.04. The molecule has 0 aliphatic carbocycles. The van der Waals surface area contributed by atoms with Crippen LogP contribution in [0.15, 0.2) is 29.0 Å². The standard InChI is InChI=1S/C13H13BrN4/c1-9-12(3-4-13(14)17-9)16-7-10-5-11(6-15)18(2)8-10/h3-5,8,16H,7H2,1-2H3. The fourth-order valence-corrected chi connectivity index (χ4v) is 2.15. The Morgan fingerprint density at radius 2 is 2.28 bits per heavy atom. The Hall–Kier alpha value is -1.80. The van der Waals surface area contributed by atoms with E-state index in [9.17, 15) is 0 Å². The molecule has 0 saturated carbocycles. The van der Waals surface area contributed by atoms with Crippen LogP contribution in [-0.4, -0.2) is 9.55 Å². The average molecular weight is 305 g/mol. The molecule has 0 aromatic carbocycles. The molecule has 1 N–H and O–H groups in total. The molecule has 0 atom stereocenters. The molecule has 0 aliphatic rings. The summed E-state index contributed by atoms with van der Waals surface area (Å²) in [4.78, 5) is 4.32. The number of hydrogen-bond acceptors (Lipinski definition) is 3. The second kappa shape index (κ2) is 5.23. The maximum Gasteiger partial charge on any atom is 0.120 e. The first-order valence-electron chi connectivity index (χ1n) is 5.52. The summed E-state index contributed by atoms with van der Waals surface area (Å²) < 4.78 is 2.65. The summed E-state index contributed by atoms with van der Waals surface area (Å²) in [7, 11) is 1.87. The lowest BCUT2D eigenvalue weighted by Crippen LogP contribution is -2.01. The molecular weight excluding hydrogens is 292 g/mol. The molecule has 0 amide bonds.